The predicted octanol–water partition coefficient (Wildman–Crippen LogP) is 3.78. The van der Waals surface area contributed by atoms with E-state index >= 15 is 0 Å². The lowest BCUT2D eigenvalue weighted by molar-refractivity contribution is -0.140. The summed E-state index contributed by atoms with van der Waals surface area (Å²) < 4.78 is 7.55. The van der Waals surface area contributed by atoms with Crippen LogP contribution in [0, 0.1) is 0 Å². The summed E-state index contributed by atoms with van der Waals surface area (Å²) >= 11 is 2.64. The highest BCUT2D eigenvalue weighted by Gasteiger charge is 2.37. The fraction of sp³-hybridized carbons (Fsp3) is 0.172. The Morgan fingerprint density at radius 3 is 2.53 bits per heavy atom. The van der Waals surface area contributed by atoms with Crippen LogP contribution in [0.15, 0.2) is 93.2 Å². The molecule has 9 heteroatoms. The highest BCUT2D eigenvalue weighted by Crippen LogP contribution is 2.36. The number of thiophene rings is 1. The summed E-state index contributed by atoms with van der Waals surface area (Å²) in [6, 6.07) is 20.0. The van der Waals surface area contributed by atoms with Crippen LogP contribution in [-0.2, 0) is 20.9 Å². The van der Waals surface area contributed by atoms with E-state index < -0.39 is 12.0 Å². The number of esters is 1. The van der Waals surface area contributed by atoms with Gasteiger partial charge in [-0.1, -0.05) is 65.9 Å². The molecule has 0 fully saturated rings. The number of rotatable bonds is 5. The molecule has 4 heterocycles. The molecule has 6 rings (SSSR count). The van der Waals surface area contributed by atoms with Gasteiger partial charge in [0.15, 0.2) is 4.80 Å². The van der Waals surface area contributed by atoms with Gasteiger partial charge in [-0.05, 0) is 36.9 Å². The number of carbonyl (C=O) groups is 2. The Hall–Kier alpha value is -4.08. The molecule has 1 amide bonds. The summed E-state index contributed by atoms with van der Waals surface area (Å²) in [5.41, 5.74) is 3.24. The smallest absolute Gasteiger partial charge is 0.338 e. The van der Waals surface area contributed by atoms with Gasteiger partial charge in [0.2, 0.25) is 0 Å². The summed E-state index contributed by atoms with van der Waals surface area (Å²) in [6.07, 6.45) is 0. The Kier molecular flexibility index (Phi) is 6.17. The van der Waals surface area contributed by atoms with E-state index in [2.05, 4.69) is 4.99 Å². The van der Waals surface area contributed by atoms with E-state index in [1.807, 2.05) is 79.0 Å². The van der Waals surface area contributed by atoms with Crippen LogP contribution >= 0.6 is 22.7 Å². The van der Waals surface area contributed by atoms with Gasteiger partial charge in [-0.25, -0.2) is 9.79 Å². The summed E-state index contributed by atoms with van der Waals surface area (Å²) in [7, 11) is 0. The minimum absolute atomic E-state index is 0.111. The van der Waals surface area contributed by atoms with Gasteiger partial charge >= 0.3 is 5.97 Å². The first-order valence-electron chi connectivity index (χ1n) is 12.2. The monoisotopic (exact) mass is 541 g/mol. The standard InChI is InChI=1S/C29H23N3O4S2/c1-3-31-20-13-8-7-12-19(20)23(26(31)33)25-27(34)32-24(21-14-9-15-37-21)22(17(2)30-29(32)38-25)28(35)36-16-18-10-5-4-6-11-18/h4-15,24H,3,16H2,1-2H3/b25-23-/t24-/m0/s1. The molecule has 1 atom stereocenters. The lowest BCUT2D eigenvalue weighted by atomic mass is 10.0. The molecule has 2 aromatic carbocycles. The fourth-order valence-electron chi connectivity index (χ4n) is 4.96. The van der Waals surface area contributed by atoms with E-state index in [1.165, 1.54) is 27.2 Å². The average Bonchev–Trinajstić information content (AvgIpc) is 3.63. The van der Waals surface area contributed by atoms with Crippen LogP contribution in [0.25, 0.3) is 5.57 Å². The molecule has 38 heavy (non-hydrogen) atoms. The third-order valence-electron chi connectivity index (χ3n) is 6.71. The van der Waals surface area contributed by atoms with Gasteiger partial charge in [-0.3, -0.25) is 14.2 Å². The van der Waals surface area contributed by atoms with Crippen molar-refractivity contribution in [1.29, 1.82) is 0 Å². The first-order valence-corrected chi connectivity index (χ1v) is 13.9. The number of ether oxygens (including phenoxy) is 1. The number of fused-ring (bicyclic) bond motifs is 2. The van der Waals surface area contributed by atoms with Crippen molar-refractivity contribution in [2.75, 3.05) is 11.4 Å². The third kappa shape index (κ3) is 3.86. The quantitative estimate of drug-likeness (QED) is 0.360. The van der Waals surface area contributed by atoms with Crippen molar-refractivity contribution in [1.82, 2.24) is 4.57 Å². The Labute approximate surface area is 226 Å². The van der Waals surface area contributed by atoms with Crippen LogP contribution in [0.5, 0.6) is 0 Å². The second-order valence-corrected chi connectivity index (χ2v) is 10.9. The molecule has 7 nitrogen and oxygen atoms in total. The first-order chi connectivity index (χ1) is 18.5. The molecule has 0 saturated carbocycles. The van der Waals surface area contributed by atoms with Crippen LogP contribution in [0.4, 0.5) is 5.69 Å². The molecule has 2 aliphatic heterocycles. The van der Waals surface area contributed by atoms with Gasteiger partial charge < -0.3 is 9.64 Å². The van der Waals surface area contributed by atoms with Crippen molar-refractivity contribution in [3.8, 4) is 0 Å². The Morgan fingerprint density at radius 2 is 1.79 bits per heavy atom. The van der Waals surface area contributed by atoms with Gasteiger partial charge in [-0.2, -0.15) is 0 Å². The second kappa shape index (κ2) is 9.66. The zero-order valence-electron chi connectivity index (χ0n) is 20.7. The Balaban J connectivity index is 1.51. The SMILES string of the molecule is CCN1C(=O)/C(=c2\sc3n(c2=O)[C@@H](c2cccs2)C(C(=O)OCc2ccccc2)=C(C)N=3)c2ccccc21. The number of aromatic nitrogens is 1. The normalized spacial score (nSPS) is 17.8. The number of nitrogens with zero attached hydrogens (tertiary/aromatic N) is 3. The molecular formula is C29H23N3O4S2. The Bertz CT molecular complexity index is 1780. The minimum Gasteiger partial charge on any atom is -0.457 e. The molecule has 0 bridgehead atoms. The van der Waals surface area contributed by atoms with E-state index in [9.17, 15) is 14.4 Å². The topological polar surface area (TPSA) is 81.0 Å². The van der Waals surface area contributed by atoms with Crippen molar-refractivity contribution in [3.63, 3.8) is 0 Å². The van der Waals surface area contributed by atoms with E-state index in [1.54, 1.807) is 11.8 Å². The number of anilines is 1. The van der Waals surface area contributed by atoms with Crippen LogP contribution in [0.1, 0.15) is 35.9 Å². The predicted molar refractivity (Wildman–Crippen MR) is 148 cm³/mol. The molecule has 0 aliphatic carbocycles. The van der Waals surface area contributed by atoms with Crippen LogP contribution in [0.2, 0.25) is 0 Å². The van der Waals surface area contributed by atoms with Gasteiger partial charge in [0.05, 0.1) is 22.5 Å². The molecular weight excluding hydrogens is 518 g/mol. The number of thiazole rings is 1. The van der Waals surface area contributed by atoms with Crippen molar-refractivity contribution < 1.29 is 14.3 Å². The molecule has 0 N–H and O–H groups in total. The van der Waals surface area contributed by atoms with Gasteiger partial charge in [0.25, 0.3) is 11.5 Å². The van der Waals surface area contributed by atoms with E-state index in [4.69, 9.17) is 4.74 Å². The van der Waals surface area contributed by atoms with Crippen molar-refractivity contribution >= 4 is 45.8 Å². The molecule has 0 spiro atoms. The van der Waals surface area contributed by atoms with Crippen molar-refractivity contribution in [2.45, 2.75) is 26.5 Å². The molecule has 190 valence electrons. The number of hydrogen-bond donors (Lipinski definition) is 0. The minimum atomic E-state index is -0.696. The zero-order valence-corrected chi connectivity index (χ0v) is 22.3. The highest BCUT2D eigenvalue weighted by molar-refractivity contribution is 7.10. The molecule has 0 unspecified atom stereocenters. The number of allylic oxidation sites excluding steroid dienone is 1. The molecule has 0 radical (unpaired) electrons. The number of para-hydroxylation sites is 1. The van der Waals surface area contributed by atoms with Crippen molar-refractivity contribution in [3.05, 3.63) is 119 Å². The van der Waals surface area contributed by atoms with Gasteiger partial charge in [-0.15, -0.1) is 11.3 Å². The maximum atomic E-state index is 14.1. The molecule has 2 aliphatic rings. The number of benzene rings is 2. The first kappa shape index (κ1) is 24.3. The van der Waals surface area contributed by atoms with Crippen LogP contribution in [0.3, 0.4) is 0 Å². The van der Waals surface area contributed by atoms with Crippen LogP contribution in [-0.4, -0.2) is 23.0 Å². The fourth-order valence-corrected chi connectivity index (χ4v) is 6.92. The van der Waals surface area contributed by atoms with E-state index in [0.29, 0.717) is 32.7 Å². The summed E-state index contributed by atoms with van der Waals surface area (Å²) in [4.78, 5) is 48.6. The highest BCUT2D eigenvalue weighted by atomic mass is 32.1. The number of carbonyl (C=O) groups excluding carboxylic acids is 2. The largest absolute Gasteiger partial charge is 0.457 e. The molecule has 4 aromatic rings. The number of amides is 1. The van der Waals surface area contributed by atoms with Gasteiger partial charge in [0.1, 0.15) is 17.2 Å². The maximum Gasteiger partial charge on any atom is 0.338 e. The maximum absolute atomic E-state index is 14.1. The lowest BCUT2D eigenvalue weighted by Gasteiger charge is -2.23. The molecule has 2 aromatic heterocycles. The van der Waals surface area contributed by atoms with E-state index in [-0.39, 0.29) is 18.1 Å². The average molecular weight is 542 g/mol. The Morgan fingerprint density at radius 1 is 1.03 bits per heavy atom. The zero-order chi connectivity index (χ0) is 26.4. The number of likely N-dealkylation sites (N-methyl/N-ethyl adjacent to an activating group) is 1. The molecule has 0 saturated heterocycles. The second-order valence-electron chi connectivity index (χ2n) is 8.92. The summed E-state index contributed by atoms with van der Waals surface area (Å²) in [6.45, 7) is 4.27. The van der Waals surface area contributed by atoms with Crippen molar-refractivity contribution in [2.24, 2.45) is 4.99 Å². The van der Waals surface area contributed by atoms with Gasteiger partial charge in [0, 0.05) is 17.0 Å². The van der Waals surface area contributed by atoms with E-state index in [0.717, 1.165) is 21.7 Å². The summed E-state index contributed by atoms with van der Waals surface area (Å²) in [5, 5.41) is 1.91. The lowest BCUT2D eigenvalue weighted by Crippen LogP contribution is -2.40. The van der Waals surface area contributed by atoms with Crippen LogP contribution < -0.4 is 19.8 Å². The third-order valence-corrected chi connectivity index (χ3v) is 8.69. The number of hydrogen-bond acceptors (Lipinski definition) is 7. The summed E-state index contributed by atoms with van der Waals surface area (Å²) in [5.74, 6) is -0.726.